The van der Waals surface area contributed by atoms with E-state index >= 15 is 0 Å². The molecule has 0 radical (unpaired) electrons. The summed E-state index contributed by atoms with van der Waals surface area (Å²) in [7, 11) is 0. The normalized spacial score (nSPS) is 20.4. The summed E-state index contributed by atoms with van der Waals surface area (Å²) in [4.78, 5) is 12.0. The predicted molar refractivity (Wildman–Crippen MR) is 82.9 cm³/mol. The van der Waals surface area contributed by atoms with Gasteiger partial charge in [-0.15, -0.1) is 0 Å². The van der Waals surface area contributed by atoms with Crippen molar-refractivity contribution in [1.29, 1.82) is 0 Å². The summed E-state index contributed by atoms with van der Waals surface area (Å²) in [6.45, 7) is 3.09. The molecule has 0 spiro atoms. The lowest BCUT2D eigenvalue weighted by Gasteiger charge is -2.23. The number of benzene rings is 1. The maximum Gasteiger partial charge on any atom is 0.220 e. The molecule has 4 heteroatoms. The van der Waals surface area contributed by atoms with Crippen LogP contribution in [0, 0.1) is 0 Å². The van der Waals surface area contributed by atoms with Gasteiger partial charge in [-0.1, -0.05) is 30.2 Å². The molecule has 0 aliphatic carbocycles. The molecular formula is C16H23ClN2O. The summed E-state index contributed by atoms with van der Waals surface area (Å²) in [5, 5.41) is 7.23. The van der Waals surface area contributed by atoms with Crippen molar-refractivity contribution in [3.63, 3.8) is 0 Å². The van der Waals surface area contributed by atoms with E-state index < -0.39 is 0 Å². The Morgan fingerprint density at radius 2 is 2.15 bits per heavy atom. The van der Waals surface area contributed by atoms with Gasteiger partial charge in [0.15, 0.2) is 0 Å². The topological polar surface area (TPSA) is 41.1 Å². The summed E-state index contributed by atoms with van der Waals surface area (Å²) in [5.74, 6) is 0.125. The molecular weight excluding hydrogens is 272 g/mol. The molecule has 0 bridgehead atoms. The number of halogens is 1. The van der Waals surface area contributed by atoms with Crippen molar-refractivity contribution in [1.82, 2.24) is 10.6 Å². The lowest BCUT2D eigenvalue weighted by atomic mass is 10.0. The summed E-state index contributed by atoms with van der Waals surface area (Å²) in [5.41, 5.74) is 1.08. The minimum atomic E-state index is 0.0269. The third-order valence-corrected chi connectivity index (χ3v) is 4.13. The molecule has 110 valence electrons. The van der Waals surface area contributed by atoms with E-state index in [1.54, 1.807) is 0 Å². The fourth-order valence-corrected chi connectivity index (χ4v) is 2.75. The molecule has 1 aliphatic rings. The van der Waals surface area contributed by atoms with Crippen LogP contribution in [0.3, 0.4) is 0 Å². The number of hydrogen-bond donors (Lipinski definition) is 2. The molecule has 2 atom stereocenters. The van der Waals surface area contributed by atoms with Crippen LogP contribution in [0.25, 0.3) is 0 Å². The van der Waals surface area contributed by atoms with Gasteiger partial charge >= 0.3 is 0 Å². The van der Waals surface area contributed by atoms with Gasteiger partial charge in [0, 0.05) is 17.5 Å². The Morgan fingerprint density at radius 3 is 2.80 bits per heavy atom. The maximum atomic E-state index is 12.0. The Balaban J connectivity index is 1.74. The SMILES string of the molecule is C[C@H](NC(=O)CCC1CCCCN1)c1ccc(Cl)cc1. The van der Waals surface area contributed by atoms with Gasteiger partial charge in [0.25, 0.3) is 0 Å². The molecule has 2 rings (SSSR count). The van der Waals surface area contributed by atoms with Gasteiger partial charge in [-0.3, -0.25) is 4.79 Å². The van der Waals surface area contributed by atoms with Crippen LogP contribution in [0.1, 0.15) is 50.6 Å². The van der Waals surface area contributed by atoms with Gasteiger partial charge in [-0.2, -0.15) is 0 Å². The second-order valence-electron chi connectivity index (χ2n) is 5.53. The Kier molecular flexibility index (Phi) is 5.86. The molecule has 1 fully saturated rings. The highest BCUT2D eigenvalue weighted by Crippen LogP contribution is 2.17. The summed E-state index contributed by atoms with van der Waals surface area (Å²) in [6.07, 6.45) is 5.26. The highest BCUT2D eigenvalue weighted by Gasteiger charge is 2.15. The zero-order valence-electron chi connectivity index (χ0n) is 12.0. The first-order chi connectivity index (χ1) is 9.65. The van der Waals surface area contributed by atoms with Crippen molar-refractivity contribution in [2.75, 3.05) is 6.54 Å². The summed E-state index contributed by atoms with van der Waals surface area (Å²) < 4.78 is 0. The van der Waals surface area contributed by atoms with Crippen LogP contribution in [0.4, 0.5) is 0 Å². The molecule has 1 heterocycles. The first kappa shape index (κ1) is 15.3. The van der Waals surface area contributed by atoms with E-state index in [2.05, 4.69) is 10.6 Å². The van der Waals surface area contributed by atoms with Crippen molar-refractivity contribution < 1.29 is 4.79 Å². The van der Waals surface area contributed by atoms with Gasteiger partial charge in [0.1, 0.15) is 0 Å². The van der Waals surface area contributed by atoms with Crippen molar-refractivity contribution in [3.8, 4) is 0 Å². The standard InChI is InChI=1S/C16H23ClN2O/c1-12(13-5-7-14(17)8-6-13)19-16(20)10-9-15-4-2-3-11-18-15/h5-8,12,15,18H,2-4,9-11H2,1H3,(H,19,20)/t12-,15?/m0/s1. The highest BCUT2D eigenvalue weighted by atomic mass is 35.5. The number of piperidine rings is 1. The lowest BCUT2D eigenvalue weighted by Crippen LogP contribution is -2.35. The van der Waals surface area contributed by atoms with Crippen LogP contribution >= 0.6 is 11.6 Å². The molecule has 0 aromatic heterocycles. The van der Waals surface area contributed by atoms with Crippen LogP contribution < -0.4 is 10.6 Å². The number of rotatable bonds is 5. The predicted octanol–water partition coefficient (Wildman–Crippen LogP) is 3.44. The monoisotopic (exact) mass is 294 g/mol. The smallest absolute Gasteiger partial charge is 0.220 e. The van der Waals surface area contributed by atoms with Gasteiger partial charge in [-0.05, 0) is 50.4 Å². The number of nitrogens with one attached hydrogen (secondary N) is 2. The zero-order chi connectivity index (χ0) is 14.4. The average Bonchev–Trinajstić information content (AvgIpc) is 2.47. The number of amides is 1. The molecule has 1 saturated heterocycles. The fourth-order valence-electron chi connectivity index (χ4n) is 2.62. The quantitative estimate of drug-likeness (QED) is 0.873. The van der Waals surface area contributed by atoms with Gasteiger partial charge < -0.3 is 10.6 Å². The third-order valence-electron chi connectivity index (χ3n) is 3.88. The van der Waals surface area contributed by atoms with E-state index in [0.29, 0.717) is 12.5 Å². The Hall–Kier alpha value is -1.06. The Morgan fingerprint density at radius 1 is 1.40 bits per heavy atom. The van der Waals surface area contributed by atoms with Gasteiger partial charge in [0.05, 0.1) is 6.04 Å². The third kappa shape index (κ3) is 4.80. The first-order valence-corrected chi connectivity index (χ1v) is 7.81. The highest BCUT2D eigenvalue weighted by molar-refractivity contribution is 6.30. The number of carbonyl (C=O) groups excluding carboxylic acids is 1. The molecule has 1 aromatic rings. The van der Waals surface area contributed by atoms with E-state index in [1.807, 2.05) is 31.2 Å². The van der Waals surface area contributed by atoms with Gasteiger partial charge in [0.2, 0.25) is 5.91 Å². The number of hydrogen-bond acceptors (Lipinski definition) is 2. The van der Waals surface area contributed by atoms with Crippen LogP contribution in [0.2, 0.25) is 5.02 Å². The van der Waals surface area contributed by atoms with E-state index in [9.17, 15) is 4.79 Å². The largest absolute Gasteiger partial charge is 0.350 e. The van der Waals surface area contributed by atoms with E-state index in [1.165, 1.54) is 19.3 Å². The van der Waals surface area contributed by atoms with Crippen LogP contribution in [-0.2, 0) is 4.79 Å². The second-order valence-corrected chi connectivity index (χ2v) is 5.96. The van der Waals surface area contributed by atoms with Crippen LogP contribution in [0.15, 0.2) is 24.3 Å². The molecule has 2 N–H and O–H groups in total. The van der Waals surface area contributed by atoms with E-state index in [0.717, 1.165) is 23.6 Å². The Bertz CT molecular complexity index is 427. The second kappa shape index (κ2) is 7.65. The minimum Gasteiger partial charge on any atom is -0.350 e. The molecule has 0 saturated carbocycles. The van der Waals surface area contributed by atoms with Crippen molar-refractivity contribution in [2.24, 2.45) is 0 Å². The summed E-state index contributed by atoms with van der Waals surface area (Å²) in [6, 6.07) is 8.16. The molecule has 1 aromatic carbocycles. The minimum absolute atomic E-state index is 0.0269. The van der Waals surface area contributed by atoms with Crippen molar-refractivity contribution >= 4 is 17.5 Å². The lowest BCUT2D eigenvalue weighted by molar-refractivity contribution is -0.122. The molecule has 1 aliphatic heterocycles. The average molecular weight is 295 g/mol. The first-order valence-electron chi connectivity index (χ1n) is 7.43. The number of carbonyl (C=O) groups is 1. The van der Waals surface area contributed by atoms with E-state index in [4.69, 9.17) is 11.6 Å². The maximum absolute atomic E-state index is 12.0. The zero-order valence-corrected chi connectivity index (χ0v) is 12.7. The van der Waals surface area contributed by atoms with Crippen LogP contribution in [0.5, 0.6) is 0 Å². The van der Waals surface area contributed by atoms with Crippen molar-refractivity contribution in [2.45, 2.75) is 51.1 Å². The molecule has 20 heavy (non-hydrogen) atoms. The molecule has 1 amide bonds. The van der Waals surface area contributed by atoms with E-state index in [-0.39, 0.29) is 11.9 Å². The Labute approximate surface area is 126 Å². The summed E-state index contributed by atoms with van der Waals surface area (Å²) >= 11 is 5.86. The fraction of sp³-hybridized carbons (Fsp3) is 0.562. The molecule has 1 unspecified atom stereocenters. The van der Waals surface area contributed by atoms with Crippen LogP contribution in [-0.4, -0.2) is 18.5 Å². The van der Waals surface area contributed by atoms with Gasteiger partial charge in [-0.25, -0.2) is 0 Å². The molecule has 3 nitrogen and oxygen atoms in total. The van der Waals surface area contributed by atoms with Crippen molar-refractivity contribution in [3.05, 3.63) is 34.9 Å².